The van der Waals surface area contributed by atoms with Crippen molar-refractivity contribution in [3.63, 3.8) is 0 Å². The lowest BCUT2D eigenvalue weighted by atomic mass is 10.1. The van der Waals surface area contributed by atoms with Gasteiger partial charge in [0, 0.05) is 25.9 Å². The molecule has 0 radical (unpaired) electrons. The van der Waals surface area contributed by atoms with Crippen LogP contribution in [0, 0.1) is 0 Å². The van der Waals surface area contributed by atoms with Gasteiger partial charge in [0.1, 0.15) is 0 Å². The molecular weight excluding hydrogens is 288 g/mol. The number of anilines is 1. The molecule has 0 bridgehead atoms. The van der Waals surface area contributed by atoms with E-state index < -0.39 is 10.0 Å². The number of nitrogen functional groups attached to an aromatic ring is 1. The van der Waals surface area contributed by atoms with Gasteiger partial charge in [-0.3, -0.25) is 0 Å². The molecule has 0 aliphatic carbocycles. The van der Waals surface area contributed by atoms with Crippen molar-refractivity contribution >= 4 is 15.7 Å². The number of hydrogen-bond donors (Lipinski definition) is 1. The van der Waals surface area contributed by atoms with Gasteiger partial charge in [-0.1, -0.05) is 13.0 Å². The van der Waals surface area contributed by atoms with Gasteiger partial charge in [0.15, 0.2) is 0 Å². The molecular formula is C15H24N2O3S. The normalized spacial score (nSPS) is 19.9. The van der Waals surface area contributed by atoms with E-state index in [4.69, 9.17) is 10.5 Å². The van der Waals surface area contributed by atoms with Crippen molar-refractivity contribution in [2.75, 3.05) is 25.9 Å². The van der Waals surface area contributed by atoms with Crippen molar-refractivity contribution in [2.45, 2.75) is 43.6 Å². The molecule has 0 amide bonds. The summed E-state index contributed by atoms with van der Waals surface area (Å²) in [6.45, 7) is 3.10. The molecule has 0 saturated carbocycles. The van der Waals surface area contributed by atoms with Crippen LogP contribution >= 0.6 is 0 Å². The van der Waals surface area contributed by atoms with Crippen LogP contribution in [-0.4, -0.2) is 39.0 Å². The topological polar surface area (TPSA) is 72.6 Å². The molecule has 1 fully saturated rings. The highest BCUT2D eigenvalue weighted by Gasteiger charge is 2.25. The number of benzene rings is 1. The van der Waals surface area contributed by atoms with E-state index in [0.717, 1.165) is 37.9 Å². The fraction of sp³-hybridized carbons (Fsp3) is 0.600. The van der Waals surface area contributed by atoms with Crippen LogP contribution in [0.2, 0.25) is 0 Å². The zero-order valence-corrected chi connectivity index (χ0v) is 13.5. The Morgan fingerprint density at radius 2 is 2.14 bits per heavy atom. The lowest BCUT2D eigenvalue weighted by Gasteiger charge is -2.27. The van der Waals surface area contributed by atoms with Gasteiger partial charge in [-0.05, 0) is 43.4 Å². The summed E-state index contributed by atoms with van der Waals surface area (Å²) in [5.41, 5.74) is 7.40. The molecule has 1 saturated heterocycles. The fourth-order valence-electron chi connectivity index (χ4n) is 2.57. The van der Waals surface area contributed by atoms with Crippen molar-refractivity contribution in [1.82, 2.24) is 4.31 Å². The summed E-state index contributed by atoms with van der Waals surface area (Å²) in [5.74, 6) is 0. The zero-order valence-electron chi connectivity index (χ0n) is 12.7. The summed E-state index contributed by atoms with van der Waals surface area (Å²) in [5, 5.41) is 0. The maximum atomic E-state index is 12.6. The number of aryl methyl sites for hydroxylation is 1. The standard InChI is InChI=1S/C15H24N2O3S/c1-3-12-7-8-14(10-15(12)16)21(18,19)17(2)11-13-6-4-5-9-20-13/h7-8,10,13H,3-6,9,11,16H2,1-2H3. The van der Waals surface area contributed by atoms with E-state index in [0.29, 0.717) is 12.2 Å². The minimum Gasteiger partial charge on any atom is -0.398 e. The maximum Gasteiger partial charge on any atom is 0.242 e. The lowest BCUT2D eigenvalue weighted by molar-refractivity contribution is 0.00858. The third-order valence-corrected chi connectivity index (χ3v) is 5.76. The third kappa shape index (κ3) is 3.75. The van der Waals surface area contributed by atoms with Gasteiger partial charge in [0.05, 0.1) is 11.0 Å². The first-order valence-electron chi connectivity index (χ1n) is 7.41. The van der Waals surface area contributed by atoms with Gasteiger partial charge in [-0.25, -0.2) is 8.42 Å². The van der Waals surface area contributed by atoms with Gasteiger partial charge in [0.2, 0.25) is 10.0 Å². The monoisotopic (exact) mass is 312 g/mol. The maximum absolute atomic E-state index is 12.6. The van der Waals surface area contributed by atoms with Crippen LogP contribution in [0.15, 0.2) is 23.1 Å². The van der Waals surface area contributed by atoms with Crippen LogP contribution < -0.4 is 5.73 Å². The molecule has 21 heavy (non-hydrogen) atoms. The highest BCUT2D eigenvalue weighted by molar-refractivity contribution is 7.89. The molecule has 0 aromatic heterocycles. The van der Waals surface area contributed by atoms with Crippen LogP contribution in [0.5, 0.6) is 0 Å². The largest absolute Gasteiger partial charge is 0.398 e. The summed E-state index contributed by atoms with van der Waals surface area (Å²) in [6, 6.07) is 4.96. The first-order valence-corrected chi connectivity index (χ1v) is 8.85. The van der Waals surface area contributed by atoms with E-state index in [-0.39, 0.29) is 11.0 Å². The Labute approximate surface area is 127 Å². The molecule has 2 rings (SSSR count). The Morgan fingerprint density at radius 1 is 1.38 bits per heavy atom. The summed E-state index contributed by atoms with van der Waals surface area (Å²) in [6.07, 6.45) is 3.85. The Morgan fingerprint density at radius 3 is 2.71 bits per heavy atom. The summed E-state index contributed by atoms with van der Waals surface area (Å²) >= 11 is 0. The van der Waals surface area contributed by atoms with Gasteiger partial charge >= 0.3 is 0 Å². The molecule has 1 atom stereocenters. The van der Waals surface area contributed by atoms with Crippen molar-refractivity contribution in [2.24, 2.45) is 0 Å². The number of nitrogens with zero attached hydrogens (tertiary/aromatic N) is 1. The van der Waals surface area contributed by atoms with Crippen LogP contribution in [-0.2, 0) is 21.2 Å². The molecule has 5 nitrogen and oxygen atoms in total. The minimum atomic E-state index is -3.51. The molecule has 2 N–H and O–H groups in total. The Hall–Kier alpha value is -1.11. The van der Waals surface area contributed by atoms with E-state index in [1.165, 1.54) is 4.31 Å². The molecule has 1 unspecified atom stereocenters. The number of nitrogens with two attached hydrogens (primary N) is 1. The molecule has 1 heterocycles. The van der Waals surface area contributed by atoms with Crippen LogP contribution in [0.3, 0.4) is 0 Å². The molecule has 0 spiro atoms. The molecule has 1 aliphatic rings. The molecule has 6 heteroatoms. The summed E-state index contributed by atoms with van der Waals surface area (Å²) in [7, 11) is -1.92. The highest BCUT2D eigenvalue weighted by Crippen LogP contribution is 2.22. The van der Waals surface area contributed by atoms with Crippen molar-refractivity contribution < 1.29 is 13.2 Å². The molecule has 1 aromatic rings. The average Bonchev–Trinajstić information content (AvgIpc) is 2.48. The zero-order chi connectivity index (χ0) is 15.5. The number of likely N-dealkylation sites (N-methyl/N-ethyl adjacent to an activating group) is 1. The fourth-order valence-corrected chi connectivity index (χ4v) is 3.81. The summed E-state index contributed by atoms with van der Waals surface area (Å²) < 4.78 is 32.1. The van der Waals surface area contributed by atoms with E-state index in [2.05, 4.69) is 0 Å². The SMILES string of the molecule is CCc1ccc(S(=O)(=O)N(C)CC2CCCCO2)cc1N. The minimum absolute atomic E-state index is 0.00853. The van der Waals surface area contributed by atoms with Crippen molar-refractivity contribution in [1.29, 1.82) is 0 Å². The van der Waals surface area contributed by atoms with Crippen molar-refractivity contribution in [3.8, 4) is 0 Å². The predicted octanol–water partition coefficient (Wildman–Crippen LogP) is 2.02. The predicted molar refractivity (Wildman–Crippen MR) is 83.6 cm³/mol. The van der Waals surface area contributed by atoms with E-state index >= 15 is 0 Å². The molecule has 1 aromatic carbocycles. The molecule has 1 aliphatic heterocycles. The Balaban J connectivity index is 2.14. The van der Waals surface area contributed by atoms with Gasteiger partial charge in [0.25, 0.3) is 0 Å². The third-order valence-electron chi connectivity index (χ3n) is 3.94. The summed E-state index contributed by atoms with van der Waals surface area (Å²) in [4.78, 5) is 0.246. The number of hydrogen-bond acceptors (Lipinski definition) is 4. The Bertz CT molecular complexity index is 581. The van der Waals surface area contributed by atoms with Crippen LogP contribution in [0.4, 0.5) is 5.69 Å². The Kier molecular flexibility index (Phi) is 5.24. The lowest BCUT2D eigenvalue weighted by Crippen LogP contribution is -2.37. The second-order valence-electron chi connectivity index (χ2n) is 5.49. The van der Waals surface area contributed by atoms with E-state index in [1.54, 1.807) is 25.2 Å². The quantitative estimate of drug-likeness (QED) is 0.844. The smallest absolute Gasteiger partial charge is 0.242 e. The molecule has 118 valence electrons. The van der Waals surface area contributed by atoms with Gasteiger partial charge in [-0.15, -0.1) is 0 Å². The first kappa shape index (κ1) is 16.3. The highest BCUT2D eigenvalue weighted by atomic mass is 32.2. The average molecular weight is 312 g/mol. The number of rotatable bonds is 5. The second kappa shape index (κ2) is 6.77. The van der Waals surface area contributed by atoms with Gasteiger partial charge < -0.3 is 10.5 Å². The van der Waals surface area contributed by atoms with Crippen molar-refractivity contribution in [3.05, 3.63) is 23.8 Å². The second-order valence-corrected chi connectivity index (χ2v) is 7.53. The van der Waals surface area contributed by atoms with E-state index in [9.17, 15) is 8.42 Å². The van der Waals surface area contributed by atoms with Gasteiger partial charge in [-0.2, -0.15) is 4.31 Å². The number of sulfonamides is 1. The van der Waals surface area contributed by atoms with E-state index in [1.807, 2.05) is 6.92 Å². The number of ether oxygens (including phenoxy) is 1. The van der Waals surface area contributed by atoms with Crippen LogP contribution in [0.1, 0.15) is 31.7 Å². The van der Waals surface area contributed by atoms with Crippen LogP contribution in [0.25, 0.3) is 0 Å². The first-order chi connectivity index (χ1) is 9.95.